The van der Waals surface area contributed by atoms with E-state index >= 15 is 0 Å². The van der Waals surface area contributed by atoms with Crippen molar-refractivity contribution in [1.82, 2.24) is 4.57 Å². The molecule has 1 atom stereocenters. The molecule has 0 bridgehead atoms. The molecule has 4 heteroatoms. The Balaban J connectivity index is 2.86. The average Bonchev–Trinajstić information content (AvgIpc) is 2.61. The van der Waals surface area contributed by atoms with Crippen molar-refractivity contribution in [3.05, 3.63) is 18.2 Å². The van der Waals surface area contributed by atoms with Crippen LogP contribution in [0, 0.1) is 5.92 Å². The molecular formula is C12H21N2O2+. The molecule has 0 spiro atoms. The maximum absolute atomic E-state index is 10.8. The van der Waals surface area contributed by atoms with Gasteiger partial charge < -0.3 is 5.11 Å². The normalized spacial score (nSPS) is 12.7. The van der Waals surface area contributed by atoms with Gasteiger partial charge in [0.15, 0.2) is 0 Å². The van der Waals surface area contributed by atoms with E-state index in [2.05, 4.69) is 23.0 Å². The third kappa shape index (κ3) is 2.84. The van der Waals surface area contributed by atoms with Gasteiger partial charge in [0, 0.05) is 6.42 Å². The number of aryl methyl sites for hydroxylation is 1. The first kappa shape index (κ1) is 12.7. The molecule has 0 aliphatic rings. The summed E-state index contributed by atoms with van der Waals surface area (Å²) < 4.78 is 4.24. The first-order valence-electron chi connectivity index (χ1n) is 5.90. The summed E-state index contributed by atoms with van der Waals surface area (Å²) in [6, 6.07) is 0. The van der Waals surface area contributed by atoms with E-state index in [1.165, 1.54) is 5.82 Å². The highest BCUT2D eigenvalue weighted by molar-refractivity contribution is 5.69. The van der Waals surface area contributed by atoms with Crippen LogP contribution in [-0.2, 0) is 24.3 Å². The van der Waals surface area contributed by atoms with E-state index < -0.39 is 5.97 Å². The number of rotatable bonds is 6. The van der Waals surface area contributed by atoms with Crippen LogP contribution in [-0.4, -0.2) is 15.6 Å². The van der Waals surface area contributed by atoms with Gasteiger partial charge in [0.25, 0.3) is 5.82 Å². The smallest absolute Gasteiger partial charge is 0.310 e. The fourth-order valence-corrected chi connectivity index (χ4v) is 1.84. The molecule has 0 aromatic carbocycles. The first-order chi connectivity index (χ1) is 7.60. The number of imidazole rings is 1. The molecule has 0 aliphatic carbocycles. The lowest BCUT2D eigenvalue weighted by atomic mass is 10.2. The fourth-order valence-electron chi connectivity index (χ4n) is 1.84. The molecule has 0 fully saturated rings. The van der Waals surface area contributed by atoms with E-state index in [0.29, 0.717) is 6.54 Å². The van der Waals surface area contributed by atoms with Crippen molar-refractivity contribution in [2.75, 3.05) is 0 Å². The Morgan fingerprint density at radius 3 is 2.75 bits per heavy atom. The maximum atomic E-state index is 10.8. The van der Waals surface area contributed by atoms with E-state index in [4.69, 9.17) is 5.11 Å². The number of carboxylic acid groups (broad SMARTS) is 1. The van der Waals surface area contributed by atoms with Gasteiger partial charge in [-0.2, -0.15) is 0 Å². The summed E-state index contributed by atoms with van der Waals surface area (Å²) in [5.74, 6) is 0.144. The summed E-state index contributed by atoms with van der Waals surface area (Å²) in [6.45, 7) is 7.47. The van der Waals surface area contributed by atoms with Crippen molar-refractivity contribution in [2.45, 2.75) is 46.7 Å². The molecule has 0 aliphatic heterocycles. The first-order valence-corrected chi connectivity index (χ1v) is 5.90. The standard InChI is InChI=1S/C12H20N2O2/c1-4-6-11-13(5-2)7-8-14(11)9-10(3)12(15)16/h7-8,10H,4-6,9H2,1-3H3/p+1. The van der Waals surface area contributed by atoms with Gasteiger partial charge in [-0.25, -0.2) is 9.13 Å². The van der Waals surface area contributed by atoms with Crippen LogP contribution in [0.2, 0.25) is 0 Å². The monoisotopic (exact) mass is 225 g/mol. The molecule has 1 aromatic rings. The van der Waals surface area contributed by atoms with Crippen LogP contribution >= 0.6 is 0 Å². The number of carboxylic acids is 1. The summed E-state index contributed by atoms with van der Waals surface area (Å²) in [7, 11) is 0. The molecule has 0 radical (unpaired) electrons. The second-order valence-corrected chi connectivity index (χ2v) is 4.14. The molecule has 0 saturated carbocycles. The summed E-state index contributed by atoms with van der Waals surface area (Å²) in [4.78, 5) is 10.8. The van der Waals surface area contributed by atoms with E-state index in [1.807, 2.05) is 12.4 Å². The van der Waals surface area contributed by atoms with Crippen molar-refractivity contribution in [2.24, 2.45) is 5.92 Å². The van der Waals surface area contributed by atoms with E-state index in [-0.39, 0.29) is 5.92 Å². The van der Waals surface area contributed by atoms with Gasteiger partial charge in [0.2, 0.25) is 0 Å². The zero-order chi connectivity index (χ0) is 12.1. The highest BCUT2D eigenvalue weighted by atomic mass is 16.4. The maximum Gasteiger partial charge on any atom is 0.310 e. The molecule has 1 rings (SSSR count). The van der Waals surface area contributed by atoms with Crippen molar-refractivity contribution in [3.63, 3.8) is 0 Å². The molecule has 1 N–H and O–H groups in total. The predicted octanol–water partition coefficient (Wildman–Crippen LogP) is 1.47. The van der Waals surface area contributed by atoms with Gasteiger partial charge in [-0.05, 0) is 20.3 Å². The van der Waals surface area contributed by atoms with Crippen LogP contribution in [0.4, 0.5) is 0 Å². The number of carbonyl (C=O) groups is 1. The Hall–Kier alpha value is -1.32. The topological polar surface area (TPSA) is 46.1 Å². The van der Waals surface area contributed by atoms with Gasteiger partial charge in [0.1, 0.15) is 18.9 Å². The largest absolute Gasteiger partial charge is 0.481 e. The van der Waals surface area contributed by atoms with Crippen LogP contribution < -0.4 is 4.57 Å². The van der Waals surface area contributed by atoms with Crippen LogP contribution in [0.15, 0.2) is 12.4 Å². The molecule has 1 heterocycles. The average molecular weight is 225 g/mol. The van der Waals surface area contributed by atoms with E-state index in [9.17, 15) is 4.79 Å². The third-order valence-corrected chi connectivity index (χ3v) is 2.80. The van der Waals surface area contributed by atoms with Crippen LogP contribution in [0.25, 0.3) is 0 Å². The summed E-state index contributed by atoms with van der Waals surface area (Å²) in [5, 5.41) is 8.91. The van der Waals surface area contributed by atoms with Gasteiger partial charge in [-0.3, -0.25) is 4.79 Å². The van der Waals surface area contributed by atoms with Crippen LogP contribution in [0.3, 0.4) is 0 Å². The minimum Gasteiger partial charge on any atom is -0.481 e. The summed E-state index contributed by atoms with van der Waals surface area (Å²) >= 11 is 0. The molecule has 4 nitrogen and oxygen atoms in total. The van der Waals surface area contributed by atoms with Crippen LogP contribution in [0.5, 0.6) is 0 Å². The molecule has 1 aromatic heterocycles. The van der Waals surface area contributed by atoms with Crippen molar-refractivity contribution < 1.29 is 14.5 Å². The molecule has 90 valence electrons. The Morgan fingerprint density at radius 2 is 2.25 bits per heavy atom. The summed E-state index contributed by atoms with van der Waals surface area (Å²) in [5.41, 5.74) is 0. The van der Waals surface area contributed by atoms with Crippen molar-refractivity contribution in [1.29, 1.82) is 0 Å². The van der Waals surface area contributed by atoms with Gasteiger partial charge in [-0.1, -0.05) is 6.92 Å². The third-order valence-electron chi connectivity index (χ3n) is 2.80. The Labute approximate surface area is 96.5 Å². The number of nitrogens with zero attached hydrogens (tertiary/aromatic N) is 2. The SMILES string of the molecule is CCCc1n(CC)cc[n+]1CC(C)C(=O)O. The summed E-state index contributed by atoms with van der Waals surface area (Å²) in [6.07, 6.45) is 6.08. The minimum absolute atomic E-state index is 0.340. The molecular weight excluding hydrogens is 204 g/mol. The van der Waals surface area contributed by atoms with Crippen molar-refractivity contribution in [3.8, 4) is 0 Å². The second-order valence-electron chi connectivity index (χ2n) is 4.14. The fraction of sp³-hybridized carbons (Fsp3) is 0.667. The number of aliphatic carboxylic acids is 1. The van der Waals surface area contributed by atoms with E-state index in [0.717, 1.165) is 19.4 Å². The lowest BCUT2D eigenvalue weighted by molar-refractivity contribution is -0.707. The van der Waals surface area contributed by atoms with Crippen molar-refractivity contribution >= 4 is 5.97 Å². The quantitative estimate of drug-likeness (QED) is 0.745. The highest BCUT2D eigenvalue weighted by Gasteiger charge is 2.20. The Morgan fingerprint density at radius 1 is 1.56 bits per heavy atom. The number of hydrogen-bond acceptors (Lipinski definition) is 1. The Bertz CT molecular complexity index is 358. The zero-order valence-corrected chi connectivity index (χ0v) is 10.3. The molecule has 0 amide bonds. The van der Waals surface area contributed by atoms with Gasteiger partial charge in [0.05, 0.1) is 12.5 Å². The molecule has 0 saturated heterocycles. The lowest BCUT2D eigenvalue weighted by Gasteiger charge is -2.06. The number of hydrogen-bond donors (Lipinski definition) is 1. The molecule has 16 heavy (non-hydrogen) atoms. The lowest BCUT2D eigenvalue weighted by Crippen LogP contribution is -2.41. The second kappa shape index (κ2) is 5.68. The van der Waals surface area contributed by atoms with Gasteiger partial charge in [-0.15, -0.1) is 0 Å². The van der Waals surface area contributed by atoms with E-state index in [1.54, 1.807) is 6.92 Å². The molecule has 1 unspecified atom stereocenters. The zero-order valence-electron chi connectivity index (χ0n) is 10.3. The van der Waals surface area contributed by atoms with Crippen LogP contribution in [0.1, 0.15) is 33.0 Å². The number of aromatic nitrogens is 2. The highest BCUT2D eigenvalue weighted by Crippen LogP contribution is 2.02. The van der Waals surface area contributed by atoms with Gasteiger partial charge >= 0.3 is 5.97 Å². The minimum atomic E-state index is -0.737. The predicted molar refractivity (Wildman–Crippen MR) is 61.1 cm³/mol. The Kier molecular flexibility index (Phi) is 4.52.